The number of ether oxygens (including phenoxy) is 3. The van der Waals surface area contributed by atoms with Crippen LogP contribution in [0.4, 0.5) is 0 Å². The van der Waals surface area contributed by atoms with Crippen molar-refractivity contribution < 1.29 is 23.8 Å². The molecule has 2 aromatic carbocycles. The van der Waals surface area contributed by atoms with Crippen molar-refractivity contribution in [2.24, 2.45) is 0 Å². The Morgan fingerprint density at radius 3 is 2.33 bits per heavy atom. The van der Waals surface area contributed by atoms with E-state index in [1.807, 2.05) is 32.0 Å². The lowest BCUT2D eigenvalue weighted by molar-refractivity contribution is -0.136. The van der Waals surface area contributed by atoms with Gasteiger partial charge in [0.05, 0.1) is 7.11 Å². The number of halogens is 1. The lowest BCUT2D eigenvalue weighted by Gasteiger charge is -2.11. The number of carbonyl (C=O) groups excluding carboxylic acids is 2. The largest absolute Gasteiger partial charge is 0.482 e. The molecule has 24 heavy (non-hydrogen) atoms. The summed E-state index contributed by atoms with van der Waals surface area (Å²) in [5, 5.41) is 0.335. The Morgan fingerprint density at radius 1 is 1.04 bits per heavy atom. The van der Waals surface area contributed by atoms with Gasteiger partial charge in [-0.2, -0.15) is 0 Å². The summed E-state index contributed by atoms with van der Waals surface area (Å²) in [5.41, 5.74) is 2.14. The number of esters is 2. The number of hydrogen-bond acceptors (Lipinski definition) is 5. The highest BCUT2D eigenvalue weighted by Crippen LogP contribution is 2.24. The average Bonchev–Trinajstić information content (AvgIpc) is 2.53. The zero-order valence-electron chi connectivity index (χ0n) is 13.6. The third-order valence-corrected chi connectivity index (χ3v) is 3.36. The predicted octanol–water partition coefficient (Wildman–Crippen LogP) is 3.73. The molecule has 0 aliphatic heterocycles. The second kappa shape index (κ2) is 7.84. The normalized spacial score (nSPS) is 10.2. The fourth-order valence-corrected chi connectivity index (χ4v) is 2.34. The Hall–Kier alpha value is -2.53. The molecule has 0 saturated heterocycles. The maximum atomic E-state index is 12.0. The minimum Gasteiger partial charge on any atom is -0.482 e. The van der Waals surface area contributed by atoms with Gasteiger partial charge < -0.3 is 14.2 Å². The van der Waals surface area contributed by atoms with Gasteiger partial charge >= 0.3 is 11.9 Å². The Kier molecular flexibility index (Phi) is 5.82. The van der Waals surface area contributed by atoms with Gasteiger partial charge in [-0.15, -0.1) is 0 Å². The van der Waals surface area contributed by atoms with Crippen molar-refractivity contribution in [2.75, 3.05) is 13.7 Å². The molecule has 0 aliphatic carbocycles. The standard InChI is InChI=1S/C18H17ClO5/c1-11-6-12(2)8-14(7-11)23-10-17(20)24-16-5-4-13(19)9-15(16)18(21)22-3/h4-9H,10H2,1-3H3. The maximum absolute atomic E-state index is 12.0. The van der Waals surface area contributed by atoms with E-state index in [1.54, 1.807) is 0 Å². The fraction of sp³-hybridized carbons (Fsp3) is 0.222. The highest BCUT2D eigenvalue weighted by molar-refractivity contribution is 6.31. The summed E-state index contributed by atoms with van der Waals surface area (Å²) in [6, 6.07) is 9.97. The lowest BCUT2D eigenvalue weighted by atomic mass is 10.1. The third-order valence-electron chi connectivity index (χ3n) is 3.12. The Morgan fingerprint density at radius 2 is 1.71 bits per heavy atom. The van der Waals surface area contributed by atoms with Crippen LogP contribution >= 0.6 is 11.6 Å². The van der Waals surface area contributed by atoms with Gasteiger partial charge in [-0.1, -0.05) is 17.7 Å². The smallest absolute Gasteiger partial charge is 0.349 e. The van der Waals surface area contributed by atoms with Crippen LogP contribution in [0.25, 0.3) is 0 Å². The van der Waals surface area contributed by atoms with E-state index in [0.29, 0.717) is 10.8 Å². The van der Waals surface area contributed by atoms with Crippen molar-refractivity contribution in [1.82, 2.24) is 0 Å². The van der Waals surface area contributed by atoms with E-state index < -0.39 is 11.9 Å². The highest BCUT2D eigenvalue weighted by Gasteiger charge is 2.17. The first-order valence-corrected chi connectivity index (χ1v) is 7.56. The molecule has 0 radical (unpaired) electrons. The number of rotatable bonds is 5. The van der Waals surface area contributed by atoms with Crippen molar-refractivity contribution in [3.05, 3.63) is 58.1 Å². The van der Waals surface area contributed by atoms with Gasteiger partial charge in [-0.25, -0.2) is 9.59 Å². The van der Waals surface area contributed by atoms with Gasteiger partial charge in [0, 0.05) is 5.02 Å². The van der Waals surface area contributed by atoms with Crippen molar-refractivity contribution in [3.8, 4) is 11.5 Å². The molecule has 2 aromatic rings. The molecule has 0 aliphatic rings. The monoisotopic (exact) mass is 348 g/mol. The van der Waals surface area contributed by atoms with Crippen LogP contribution in [0.15, 0.2) is 36.4 Å². The van der Waals surface area contributed by atoms with E-state index in [9.17, 15) is 9.59 Å². The minimum absolute atomic E-state index is 0.0697. The van der Waals surface area contributed by atoms with Gasteiger partial charge in [0.1, 0.15) is 17.1 Å². The molecule has 0 bridgehead atoms. The number of carbonyl (C=O) groups is 2. The second-order valence-corrected chi connectivity index (χ2v) is 5.65. The number of aryl methyl sites for hydroxylation is 2. The molecule has 126 valence electrons. The van der Waals surface area contributed by atoms with E-state index in [4.69, 9.17) is 21.1 Å². The summed E-state index contributed by atoms with van der Waals surface area (Å²) in [6.45, 7) is 3.59. The fourth-order valence-electron chi connectivity index (χ4n) is 2.17. The van der Waals surface area contributed by atoms with Crippen LogP contribution in [0.1, 0.15) is 21.5 Å². The molecule has 0 spiro atoms. The van der Waals surface area contributed by atoms with Crippen molar-refractivity contribution >= 4 is 23.5 Å². The van der Waals surface area contributed by atoms with Crippen LogP contribution in [0.5, 0.6) is 11.5 Å². The van der Waals surface area contributed by atoms with E-state index in [0.717, 1.165) is 11.1 Å². The number of methoxy groups -OCH3 is 1. The SMILES string of the molecule is COC(=O)c1cc(Cl)ccc1OC(=O)COc1cc(C)cc(C)c1. The summed E-state index contributed by atoms with van der Waals surface area (Å²) >= 11 is 5.85. The third kappa shape index (κ3) is 4.73. The van der Waals surface area contributed by atoms with E-state index in [-0.39, 0.29) is 17.9 Å². The molecular formula is C18H17ClO5. The van der Waals surface area contributed by atoms with Crippen LogP contribution in [0.3, 0.4) is 0 Å². The van der Waals surface area contributed by atoms with Crippen LogP contribution in [-0.2, 0) is 9.53 Å². The highest BCUT2D eigenvalue weighted by atomic mass is 35.5. The molecule has 0 fully saturated rings. The van der Waals surface area contributed by atoms with Gasteiger partial charge in [-0.3, -0.25) is 0 Å². The Labute approximate surface area is 145 Å². The molecule has 0 amide bonds. The Bertz CT molecular complexity index is 750. The molecule has 0 aromatic heterocycles. The first-order valence-electron chi connectivity index (χ1n) is 7.18. The van der Waals surface area contributed by atoms with Gasteiger partial charge in [0.2, 0.25) is 0 Å². The van der Waals surface area contributed by atoms with E-state index in [1.165, 1.54) is 25.3 Å². The molecule has 2 rings (SSSR count). The van der Waals surface area contributed by atoms with Gasteiger partial charge in [0.25, 0.3) is 0 Å². The van der Waals surface area contributed by atoms with Crippen molar-refractivity contribution in [3.63, 3.8) is 0 Å². The molecule has 0 unspecified atom stereocenters. The molecule has 0 heterocycles. The quantitative estimate of drug-likeness (QED) is 0.608. The first-order chi connectivity index (χ1) is 11.4. The molecule has 6 heteroatoms. The summed E-state index contributed by atoms with van der Waals surface area (Å²) in [7, 11) is 1.23. The summed E-state index contributed by atoms with van der Waals surface area (Å²) < 4.78 is 15.3. The second-order valence-electron chi connectivity index (χ2n) is 5.22. The predicted molar refractivity (Wildman–Crippen MR) is 89.8 cm³/mol. The summed E-state index contributed by atoms with van der Waals surface area (Å²) in [4.78, 5) is 23.7. The number of benzene rings is 2. The van der Waals surface area contributed by atoms with Crippen LogP contribution in [0.2, 0.25) is 5.02 Å². The first kappa shape index (κ1) is 17.8. The van der Waals surface area contributed by atoms with Crippen LogP contribution < -0.4 is 9.47 Å². The molecule has 5 nitrogen and oxygen atoms in total. The summed E-state index contributed by atoms with van der Waals surface area (Å²) in [6.07, 6.45) is 0. The van der Waals surface area contributed by atoms with Crippen LogP contribution in [0, 0.1) is 13.8 Å². The molecular weight excluding hydrogens is 332 g/mol. The van der Waals surface area contributed by atoms with Crippen LogP contribution in [-0.4, -0.2) is 25.7 Å². The lowest BCUT2D eigenvalue weighted by Crippen LogP contribution is -2.19. The topological polar surface area (TPSA) is 61.8 Å². The summed E-state index contributed by atoms with van der Waals surface area (Å²) in [5.74, 6) is -0.633. The van der Waals surface area contributed by atoms with Gasteiger partial charge in [0.15, 0.2) is 6.61 Å². The van der Waals surface area contributed by atoms with E-state index >= 15 is 0 Å². The van der Waals surface area contributed by atoms with Crippen molar-refractivity contribution in [2.45, 2.75) is 13.8 Å². The van der Waals surface area contributed by atoms with Gasteiger partial charge in [-0.05, 0) is 55.3 Å². The maximum Gasteiger partial charge on any atom is 0.349 e. The molecule has 0 saturated carbocycles. The molecule has 0 N–H and O–H groups in total. The molecule has 0 atom stereocenters. The zero-order chi connectivity index (χ0) is 17.7. The Balaban J connectivity index is 2.06. The van der Waals surface area contributed by atoms with E-state index in [2.05, 4.69) is 4.74 Å². The minimum atomic E-state index is -0.643. The average molecular weight is 349 g/mol. The number of hydrogen-bond donors (Lipinski definition) is 0. The zero-order valence-corrected chi connectivity index (χ0v) is 14.3. The van der Waals surface area contributed by atoms with Crippen molar-refractivity contribution in [1.29, 1.82) is 0 Å².